The highest BCUT2D eigenvalue weighted by molar-refractivity contribution is 9.10. The van der Waals surface area contributed by atoms with Crippen molar-refractivity contribution in [2.24, 2.45) is 0 Å². The van der Waals surface area contributed by atoms with Crippen LogP contribution in [0.5, 0.6) is 0 Å². The van der Waals surface area contributed by atoms with Crippen molar-refractivity contribution in [1.82, 2.24) is 0 Å². The summed E-state index contributed by atoms with van der Waals surface area (Å²) >= 11 is 3.15. The molecule has 0 saturated heterocycles. The van der Waals surface area contributed by atoms with E-state index in [4.69, 9.17) is 4.55 Å². The van der Waals surface area contributed by atoms with E-state index in [0.717, 1.165) is 0 Å². The van der Waals surface area contributed by atoms with Gasteiger partial charge in [-0.15, -0.1) is 0 Å². The fourth-order valence-electron chi connectivity index (χ4n) is 1.23. The van der Waals surface area contributed by atoms with Crippen molar-refractivity contribution in [3.05, 3.63) is 33.8 Å². The molecule has 1 aromatic carbocycles. The lowest BCUT2D eigenvalue weighted by Crippen LogP contribution is -2.09. The standard InChI is InChI=1S/C10H11BrO5S/c1-6(17(13,14)15)7-3-4-8(9(11)5-7)10(12)16-2/h3-6H,1-2H3,(H,13,14,15). The predicted octanol–water partition coefficient (Wildman–Crippen LogP) is 2.18. The Bertz CT molecular complexity index is 538. The lowest BCUT2D eigenvalue weighted by molar-refractivity contribution is 0.0599. The van der Waals surface area contributed by atoms with Crippen LogP contribution in [0.4, 0.5) is 0 Å². The Morgan fingerprint density at radius 2 is 2.06 bits per heavy atom. The normalized spacial score (nSPS) is 13.2. The van der Waals surface area contributed by atoms with Gasteiger partial charge >= 0.3 is 5.97 Å². The quantitative estimate of drug-likeness (QED) is 0.681. The molecule has 1 N–H and O–H groups in total. The van der Waals surface area contributed by atoms with E-state index in [2.05, 4.69) is 20.7 Å². The van der Waals surface area contributed by atoms with Crippen molar-refractivity contribution in [1.29, 1.82) is 0 Å². The van der Waals surface area contributed by atoms with E-state index in [1.807, 2.05) is 0 Å². The van der Waals surface area contributed by atoms with Gasteiger partial charge in [-0.2, -0.15) is 8.42 Å². The van der Waals surface area contributed by atoms with E-state index in [9.17, 15) is 13.2 Å². The molecule has 1 unspecified atom stereocenters. The molecule has 1 atom stereocenters. The summed E-state index contributed by atoms with van der Waals surface area (Å²) in [7, 11) is -2.89. The molecule has 94 valence electrons. The van der Waals surface area contributed by atoms with Gasteiger partial charge in [0, 0.05) is 4.47 Å². The van der Waals surface area contributed by atoms with Gasteiger partial charge in [0.05, 0.1) is 12.7 Å². The molecule has 0 aliphatic rings. The minimum absolute atomic E-state index is 0.291. The van der Waals surface area contributed by atoms with Crippen LogP contribution in [-0.4, -0.2) is 26.0 Å². The lowest BCUT2D eigenvalue weighted by Gasteiger charge is -2.10. The molecule has 0 amide bonds. The van der Waals surface area contributed by atoms with E-state index in [-0.39, 0.29) is 0 Å². The Hall–Kier alpha value is -0.920. The Morgan fingerprint density at radius 1 is 1.47 bits per heavy atom. The van der Waals surface area contributed by atoms with Crippen molar-refractivity contribution >= 4 is 32.0 Å². The van der Waals surface area contributed by atoms with Gasteiger partial charge in [-0.25, -0.2) is 4.79 Å². The zero-order chi connectivity index (χ0) is 13.2. The highest BCUT2D eigenvalue weighted by Gasteiger charge is 2.21. The maximum Gasteiger partial charge on any atom is 0.338 e. The smallest absolute Gasteiger partial charge is 0.338 e. The number of hydrogen-bond donors (Lipinski definition) is 1. The molecule has 7 heteroatoms. The summed E-state index contributed by atoms with van der Waals surface area (Å²) in [6.45, 7) is 1.36. The molecule has 0 aliphatic carbocycles. The third kappa shape index (κ3) is 3.27. The van der Waals surface area contributed by atoms with Gasteiger partial charge in [0.25, 0.3) is 10.1 Å². The fourth-order valence-corrected chi connectivity index (χ4v) is 2.28. The first-order valence-electron chi connectivity index (χ1n) is 4.61. The molecule has 0 aliphatic heterocycles. The number of esters is 1. The van der Waals surface area contributed by atoms with Gasteiger partial charge in [-0.05, 0) is 40.5 Å². The average molecular weight is 323 g/mol. The van der Waals surface area contributed by atoms with Gasteiger partial charge in [-0.3, -0.25) is 4.55 Å². The number of benzene rings is 1. The van der Waals surface area contributed by atoms with Crippen molar-refractivity contribution in [3.63, 3.8) is 0 Å². The molecular formula is C10H11BrO5S. The van der Waals surface area contributed by atoms with Gasteiger partial charge in [0.2, 0.25) is 0 Å². The molecule has 1 aromatic rings. The molecular weight excluding hydrogens is 312 g/mol. The van der Waals surface area contributed by atoms with Crippen LogP contribution in [0.3, 0.4) is 0 Å². The predicted molar refractivity (Wildman–Crippen MR) is 65.4 cm³/mol. The monoisotopic (exact) mass is 322 g/mol. The van der Waals surface area contributed by atoms with Crippen molar-refractivity contribution in [3.8, 4) is 0 Å². The van der Waals surface area contributed by atoms with Gasteiger partial charge in [0.15, 0.2) is 0 Å². The van der Waals surface area contributed by atoms with Crippen LogP contribution in [0.25, 0.3) is 0 Å². The van der Waals surface area contributed by atoms with Crippen LogP contribution < -0.4 is 0 Å². The molecule has 1 rings (SSSR count). The van der Waals surface area contributed by atoms with Crippen molar-refractivity contribution < 1.29 is 22.5 Å². The Morgan fingerprint density at radius 3 is 2.47 bits per heavy atom. The summed E-state index contributed by atoms with van der Waals surface area (Å²) in [5.74, 6) is -0.525. The Labute approximate surface area is 108 Å². The van der Waals surface area contributed by atoms with Gasteiger partial charge < -0.3 is 4.74 Å². The van der Waals surface area contributed by atoms with Crippen LogP contribution in [0.2, 0.25) is 0 Å². The highest BCUT2D eigenvalue weighted by Crippen LogP contribution is 2.26. The highest BCUT2D eigenvalue weighted by atomic mass is 79.9. The summed E-state index contributed by atoms with van der Waals surface area (Å²) in [5, 5.41) is -1.05. The van der Waals surface area contributed by atoms with E-state index >= 15 is 0 Å². The van der Waals surface area contributed by atoms with E-state index in [1.165, 1.54) is 32.2 Å². The van der Waals surface area contributed by atoms with Crippen LogP contribution in [0.15, 0.2) is 22.7 Å². The van der Waals surface area contributed by atoms with E-state index in [1.54, 1.807) is 0 Å². The minimum atomic E-state index is -4.15. The second-order valence-electron chi connectivity index (χ2n) is 3.39. The first-order chi connectivity index (χ1) is 7.77. The molecule has 0 saturated carbocycles. The summed E-state index contributed by atoms with van der Waals surface area (Å²) in [6, 6.07) is 4.35. The number of methoxy groups -OCH3 is 1. The maximum atomic E-state index is 11.3. The number of ether oxygens (including phenoxy) is 1. The Kier molecular flexibility index (Phi) is 4.29. The van der Waals surface area contributed by atoms with E-state index in [0.29, 0.717) is 15.6 Å². The second kappa shape index (κ2) is 5.16. The lowest BCUT2D eigenvalue weighted by atomic mass is 10.1. The summed E-state index contributed by atoms with van der Waals surface area (Å²) in [4.78, 5) is 11.3. The molecule has 5 nitrogen and oxygen atoms in total. The number of hydrogen-bond acceptors (Lipinski definition) is 4. The van der Waals surface area contributed by atoms with Crippen LogP contribution in [0, 0.1) is 0 Å². The summed E-state index contributed by atoms with van der Waals surface area (Å²) in [5.41, 5.74) is 0.672. The first kappa shape index (κ1) is 14.1. The van der Waals surface area contributed by atoms with Crippen LogP contribution in [-0.2, 0) is 14.9 Å². The van der Waals surface area contributed by atoms with Crippen molar-refractivity contribution in [2.45, 2.75) is 12.2 Å². The third-order valence-electron chi connectivity index (χ3n) is 2.31. The average Bonchev–Trinajstić information content (AvgIpc) is 2.25. The number of carbonyl (C=O) groups excluding carboxylic acids is 1. The van der Waals surface area contributed by atoms with E-state index < -0.39 is 21.3 Å². The molecule has 0 bridgehead atoms. The summed E-state index contributed by atoms with van der Waals surface area (Å²) in [6.07, 6.45) is 0. The molecule has 17 heavy (non-hydrogen) atoms. The van der Waals surface area contributed by atoms with Crippen LogP contribution >= 0.6 is 15.9 Å². The minimum Gasteiger partial charge on any atom is -0.465 e. The zero-order valence-electron chi connectivity index (χ0n) is 9.18. The third-order valence-corrected chi connectivity index (χ3v) is 4.14. The summed E-state index contributed by atoms with van der Waals surface area (Å²) < 4.78 is 35.8. The fraction of sp³-hybridized carbons (Fsp3) is 0.300. The number of halogens is 1. The molecule has 0 radical (unpaired) electrons. The largest absolute Gasteiger partial charge is 0.465 e. The molecule has 0 heterocycles. The van der Waals surface area contributed by atoms with Crippen LogP contribution in [0.1, 0.15) is 28.1 Å². The number of carbonyl (C=O) groups is 1. The molecule has 0 fully saturated rings. The second-order valence-corrected chi connectivity index (χ2v) is 5.98. The SMILES string of the molecule is COC(=O)c1ccc(C(C)S(=O)(=O)O)cc1Br. The number of rotatable bonds is 3. The molecule has 0 aromatic heterocycles. The first-order valence-corrected chi connectivity index (χ1v) is 6.91. The Balaban J connectivity index is 3.18. The zero-order valence-corrected chi connectivity index (χ0v) is 11.6. The van der Waals surface area contributed by atoms with Gasteiger partial charge in [0.1, 0.15) is 5.25 Å². The van der Waals surface area contributed by atoms with Gasteiger partial charge in [-0.1, -0.05) is 6.07 Å². The van der Waals surface area contributed by atoms with Crippen molar-refractivity contribution in [2.75, 3.05) is 7.11 Å². The molecule has 0 spiro atoms. The topological polar surface area (TPSA) is 80.7 Å². The maximum absolute atomic E-state index is 11.3.